The molecule has 19 heavy (non-hydrogen) atoms. The number of unbranched alkanes of at least 4 members (excludes halogenated alkanes) is 1. The molecule has 0 bridgehead atoms. The summed E-state index contributed by atoms with van der Waals surface area (Å²) >= 11 is 0. The van der Waals surface area contributed by atoms with Crippen LogP contribution in [0.1, 0.15) is 31.7 Å². The van der Waals surface area contributed by atoms with Crippen LogP contribution in [-0.4, -0.2) is 16.2 Å². The summed E-state index contributed by atoms with van der Waals surface area (Å²) in [6, 6.07) is 4.09. The van der Waals surface area contributed by atoms with Crippen molar-refractivity contribution in [2.45, 2.75) is 38.7 Å². The van der Waals surface area contributed by atoms with Gasteiger partial charge in [-0.3, -0.25) is 4.98 Å². The molecular weight excluding hydrogens is 234 g/mol. The second-order valence-corrected chi connectivity index (χ2v) is 4.58. The molecule has 0 aliphatic rings. The first-order valence-electron chi connectivity index (χ1n) is 6.84. The fourth-order valence-corrected chi connectivity index (χ4v) is 1.63. The lowest BCUT2D eigenvalue weighted by atomic mass is 10.1. The third-order valence-corrected chi connectivity index (χ3v) is 2.64. The molecule has 1 N–H and O–H groups in total. The van der Waals surface area contributed by atoms with Crippen molar-refractivity contribution >= 4 is 0 Å². The highest BCUT2D eigenvalue weighted by Crippen LogP contribution is 2.03. The highest BCUT2D eigenvalue weighted by molar-refractivity contribution is 5.12. The molecule has 0 fully saturated rings. The molecule has 0 aromatic carbocycles. The molecule has 0 saturated carbocycles. The first kappa shape index (κ1) is 15.4. The summed E-state index contributed by atoms with van der Waals surface area (Å²) in [7, 11) is 0. The number of aliphatic hydroxyl groups is 1. The predicted molar refractivity (Wildman–Crippen MR) is 80.9 cm³/mol. The second kappa shape index (κ2) is 10.3. The number of aliphatic hydroxyl groups excluding tert-OH is 1. The Bertz CT molecular complexity index is 405. The van der Waals surface area contributed by atoms with E-state index in [-0.39, 0.29) is 6.10 Å². The predicted octanol–water partition coefficient (Wildman–Crippen LogP) is 3.84. The highest BCUT2D eigenvalue weighted by Gasteiger charge is 1.90. The normalized spacial score (nSPS) is 13.8. The third kappa shape index (κ3) is 8.97. The van der Waals surface area contributed by atoms with Crippen molar-refractivity contribution in [1.82, 2.24) is 4.98 Å². The summed E-state index contributed by atoms with van der Waals surface area (Å²) in [4.78, 5) is 4.10. The number of allylic oxidation sites excluding steroid dienone is 5. The number of nitrogens with zero attached hydrogens (tertiary/aromatic N) is 1. The van der Waals surface area contributed by atoms with Gasteiger partial charge in [0.25, 0.3) is 0 Å². The van der Waals surface area contributed by atoms with Crippen molar-refractivity contribution in [1.29, 1.82) is 0 Å². The molecule has 0 amide bonds. The molecule has 1 unspecified atom stereocenters. The Labute approximate surface area is 116 Å². The Balaban J connectivity index is 2.07. The molecule has 1 aromatic rings. The van der Waals surface area contributed by atoms with Gasteiger partial charge in [0.2, 0.25) is 0 Å². The van der Waals surface area contributed by atoms with Crippen LogP contribution in [0.4, 0.5) is 0 Å². The molecular formula is C17H23NO. The number of hydrogen-bond donors (Lipinski definition) is 1. The minimum absolute atomic E-state index is 0.257. The molecule has 0 aliphatic carbocycles. The van der Waals surface area contributed by atoms with Gasteiger partial charge in [0.1, 0.15) is 0 Å². The van der Waals surface area contributed by atoms with Crippen LogP contribution in [0.3, 0.4) is 0 Å². The minimum Gasteiger partial charge on any atom is -0.393 e. The van der Waals surface area contributed by atoms with E-state index in [1.54, 1.807) is 13.1 Å². The van der Waals surface area contributed by atoms with E-state index in [9.17, 15) is 0 Å². The molecule has 0 aliphatic heterocycles. The standard InChI is InChI=1S/C17H23NO/c1-16(19)11-8-6-4-2-3-5-7-9-12-17-13-10-14-18-15-17/h2-6,8,10,13-16,19H,7,9,11-12H2,1H3/b4-2+,5-3+,8-6+. The molecule has 2 heteroatoms. The van der Waals surface area contributed by atoms with Gasteiger partial charge in [0.05, 0.1) is 6.10 Å². The van der Waals surface area contributed by atoms with Crippen molar-refractivity contribution in [2.75, 3.05) is 0 Å². The first-order valence-corrected chi connectivity index (χ1v) is 6.84. The maximum Gasteiger partial charge on any atom is 0.0546 e. The van der Waals surface area contributed by atoms with E-state index in [1.165, 1.54) is 5.56 Å². The highest BCUT2D eigenvalue weighted by atomic mass is 16.3. The van der Waals surface area contributed by atoms with Crippen molar-refractivity contribution < 1.29 is 5.11 Å². The second-order valence-electron chi connectivity index (χ2n) is 4.58. The van der Waals surface area contributed by atoms with Gasteiger partial charge in [0, 0.05) is 12.4 Å². The van der Waals surface area contributed by atoms with E-state index in [0.29, 0.717) is 6.42 Å². The summed E-state index contributed by atoms with van der Waals surface area (Å²) in [6.45, 7) is 1.79. The number of aromatic nitrogens is 1. The summed E-state index contributed by atoms with van der Waals surface area (Å²) < 4.78 is 0. The van der Waals surface area contributed by atoms with E-state index in [2.05, 4.69) is 23.2 Å². The van der Waals surface area contributed by atoms with Crippen molar-refractivity contribution in [3.63, 3.8) is 0 Å². The van der Waals surface area contributed by atoms with Gasteiger partial charge in [0.15, 0.2) is 0 Å². The van der Waals surface area contributed by atoms with Gasteiger partial charge >= 0.3 is 0 Å². The Morgan fingerprint density at radius 2 is 2.00 bits per heavy atom. The number of rotatable bonds is 8. The van der Waals surface area contributed by atoms with Gasteiger partial charge < -0.3 is 5.11 Å². The lowest BCUT2D eigenvalue weighted by Gasteiger charge is -1.96. The lowest BCUT2D eigenvalue weighted by Crippen LogP contribution is -1.94. The first-order chi connectivity index (χ1) is 9.29. The molecule has 0 saturated heterocycles. The SMILES string of the molecule is CC(O)C/C=C/C=C/C=C/CCCc1cccnc1. The number of pyridine rings is 1. The zero-order chi connectivity index (χ0) is 13.8. The van der Waals surface area contributed by atoms with E-state index < -0.39 is 0 Å². The van der Waals surface area contributed by atoms with Crippen LogP contribution >= 0.6 is 0 Å². The smallest absolute Gasteiger partial charge is 0.0546 e. The Morgan fingerprint density at radius 3 is 2.68 bits per heavy atom. The monoisotopic (exact) mass is 257 g/mol. The van der Waals surface area contributed by atoms with E-state index in [4.69, 9.17) is 5.11 Å². The summed E-state index contributed by atoms with van der Waals surface area (Å²) in [6.07, 6.45) is 19.7. The van der Waals surface area contributed by atoms with Gasteiger partial charge in [-0.15, -0.1) is 0 Å². The van der Waals surface area contributed by atoms with Gasteiger partial charge in [-0.25, -0.2) is 0 Å². The van der Waals surface area contributed by atoms with Crippen LogP contribution in [0, 0.1) is 0 Å². The molecule has 102 valence electrons. The molecule has 2 nitrogen and oxygen atoms in total. The summed E-state index contributed by atoms with van der Waals surface area (Å²) in [5, 5.41) is 9.05. The number of aryl methyl sites for hydroxylation is 1. The maximum atomic E-state index is 9.05. The van der Waals surface area contributed by atoms with Crippen LogP contribution in [0.2, 0.25) is 0 Å². The van der Waals surface area contributed by atoms with Crippen molar-refractivity contribution in [3.05, 3.63) is 66.5 Å². The molecule has 0 spiro atoms. The van der Waals surface area contributed by atoms with E-state index in [1.807, 2.05) is 36.6 Å². The average molecular weight is 257 g/mol. The molecule has 1 heterocycles. The topological polar surface area (TPSA) is 33.1 Å². The van der Waals surface area contributed by atoms with Crippen LogP contribution in [0.25, 0.3) is 0 Å². The maximum absolute atomic E-state index is 9.05. The zero-order valence-electron chi connectivity index (χ0n) is 11.6. The van der Waals surface area contributed by atoms with Gasteiger partial charge in [-0.05, 0) is 44.2 Å². The van der Waals surface area contributed by atoms with Crippen LogP contribution in [0.15, 0.2) is 61.0 Å². The Morgan fingerprint density at radius 1 is 1.21 bits per heavy atom. The van der Waals surface area contributed by atoms with Gasteiger partial charge in [-0.1, -0.05) is 42.5 Å². The zero-order valence-corrected chi connectivity index (χ0v) is 11.6. The van der Waals surface area contributed by atoms with Crippen LogP contribution < -0.4 is 0 Å². The fraction of sp³-hybridized carbons (Fsp3) is 0.353. The van der Waals surface area contributed by atoms with Crippen LogP contribution in [-0.2, 0) is 6.42 Å². The van der Waals surface area contributed by atoms with Crippen LogP contribution in [0.5, 0.6) is 0 Å². The summed E-state index contributed by atoms with van der Waals surface area (Å²) in [5.74, 6) is 0. The minimum atomic E-state index is -0.257. The van der Waals surface area contributed by atoms with Crippen molar-refractivity contribution in [2.24, 2.45) is 0 Å². The molecule has 1 atom stereocenters. The van der Waals surface area contributed by atoms with Gasteiger partial charge in [-0.2, -0.15) is 0 Å². The lowest BCUT2D eigenvalue weighted by molar-refractivity contribution is 0.198. The average Bonchev–Trinajstić information content (AvgIpc) is 2.42. The molecule has 1 rings (SSSR count). The summed E-state index contributed by atoms with van der Waals surface area (Å²) in [5.41, 5.74) is 1.30. The third-order valence-electron chi connectivity index (χ3n) is 2.64. The largest absolute Gasteiger partial charge is 0.393 e. The van der Waals surface area contributed by atoms with E-state index in [0.717, 1.165) is 19.3 Å². The Hall–Kier alpha value is -1.67. The van der Waals surface area contributed by atoms with Crippen molar-refractivity contribution in [3.8, 4) is 0 Å². The quantitative estimate of drug-likeness (QED) is 0.567. The Kier molecular flexibility index (Phi) is 8.32. The number of hydrogen-bond acceptors (Lipinski definition) is 2. The molecule has 1 aromatic heterocycles. The fourth-order valence-electron chi connectivity index (χ4n) is 1.63. The van der Waals surface area contributed by atoms with E-state index >= 15 is 0 Å². The molecule has 0 radical (unpaired) electrons.